The van der Waals surface area contributed by atoms with Gasteiger partial charge >= 0.3 is 6.18 Å². The van der Waals surface area contributed by atoms with Gasteiger partial charge in [0.15, 0.2) is 0 Å². The highest BCUT2D eigenvalue weighted by molar-refractivity contribution is 7.89. The van der Waals surface area contributed by atoms with Crippen molar-refractivity contribution in [2.45, 2.75) is 57.9 Å². The smallest absolute Gasteiger partial charge is 0.378 e. The van der Waals surface area contributed by atoms with Gasteiger partial charge in [0.2, 0.25) is 10.0 Å². The maximum atomic E-state index is 12.5. The lowest BCUT2D eigenvalue weighted by molar-refractivity contribution is -0.182. The monoisotopic (exact) mass is 317 g/mol. The van der Waals surface area contributed by atoms with Crippen molar-refractivity contribution in [3.63, 3.8) is 0 Å². The summed E-state index contributed by atoms with van der Waals surface area (Å²) in [6, 6.07) is -0.391. The van der Waals surface area contributed by atoms with Crippen LogP contribution >= 0.6 is 0 Å². The number of hydrogen-bond acceptors (Lipinski definition) is 3. The second-order valence-corrected chi connectivity index (χ2v) is 7.32. The van der Waals surface area contributed by atoms with Crippen LogP contribution in [0.3, 0.4) is 0 Å². The lowest BCUT2D eigenvalue weighted by Gasteiger charge is -2.30. The zero-order chi connectivity index (χ0) is 15.4. The van der Waals surface area contributed by atoms with E-state index in [0.29, 0.717) is 0 Å². The van der Waals surface area contributed by atoms with E-state index in [9.17, 15) is 21.6 Å². The summed E-state index contributed by atoms with van der Waals surface area (Å²) >= 11 is 0. The summed E-state index contributed by atoms with van der Waals surface area (Å²) in [5.41, 5.74) is 0. The van der Waals surface area contributed by atoms with Crippen molar-refractivity contribution >= 4 is 10.0 Å². The minimum Gasteiger partial charge on any atom is -0.378 e. The normalized spacial score (nSPS) is 25.1. The zero-order valence-electron chi connectivity index (χ0n) is 11.7. The van der Waals surface area contributed by atoms with E-state index in [1.807, 2.05) is 0 Å². The average molecular weight is 317 g/mol. The lowest BCUT2D eigenvalue weighted by Crippen LogP contribution is -2.41. The molecule has 0 saturated heterocycles. The second kappa shape index (κ2) is 7.09. The predicted octanol–water partition coefficient (Wildman–Crippen LogP) is 2.45. The van der Waals surface area contributed by atoms with Gasteiger partial charge in [-0.25, -0.2) is 13.1 Å². The fourth-order valence-electron chi connectivity index (χ4n) is 2.24. The Morgan fingerprint density at radius 2 is 1.75 bits per heavy atom. The van der Waals surface area contributed by atoms with Crippen LogP contribution in [0.15, 0.2) is 0 Å². The van der Waals surface area contributed by atoms with E-state index in [0.717, 1.165) is 0 Å². The molecule has 8 heteroatoms. The first-order valence-corrected chi connectivity index (χ1v) is 8.43. The van der Waals surface area contributed by atoms with E-state index in [2.05, 4.69) is 4.72 Å². The topological polar surface area (TPSA) is 55.4 Å². The molecule has 1 aliphatic carbocycles. The molecular weight excluding hydrogens is 295 g/mol. The van der Waals surface area contributed by atoms with Gasteiger partial charge in [0.05, 0.1) is 24.4 Å². The molecule has 20 heavy (non-hydrogen) atoms. The summed E-state index contributed by atoms with van der Waals surface area (Å²) in [7, 11) is -3.49. The van der Waals surface area contributed by atoms with Crippen molar-refractivity contribution in [1.29, 1.82) is 0 Å². The van der Waals surface area contributed by atoms with Crippen LogP contribution in [0.2, 0.25) is 0 Å². The third kappa shape index (κ3) is 6.41. The van der Waals surface area contributed by atoms with Gasteiger partial charge in [-0.1, -0.05) is 0 Å². The third-order valence-corrected chi connectivity index (χ3v) is 4.74. The molecule has 1 fully saturated rings. The number of rotatable bonds is 6. The minimum atomic E-state index is -4.17. The first-order valence-electron chi connectivity index (χ1n) is 6.78. The Hall–Kier alpha value is -0.340. The Bertz CT molecular complexity index is 387. The molecule has 0 heterocycles. The SMILES string of the molecule is CC(C)OCCS(=O)(=O)NC1CCC(C(F)(F)F)CC1. The zero-order valence-corrected chi connectivity index (χ0v) is 12.6. The van der Waals surface area contributed by atoms with Gasteiger partial charge in [-0.15, -0.1) is 0 Å². The van der Waals surface area contributed by atoms with Gasteiger partial charge in [-0.2, -0.15) is 13.2 Å². The molecule has 0 aliphatic heterocycles. The van der Waals surface area contributed by atoms with Crippen LogP contribution in [-0.4, -0.2) is 39.1 Å². The number of nitrogens with one attached hydrogen (secondary N) is 1. The highest BCUT2D eigenvalue weighted by atomic mass is 32.2. The fraction of sp³-hybridized carbons (Fsp3) is 1.00. The van der Waals surface area contributed by atoms with Crippen molar-refractivity contribution in [3.05, 3.63) is 0 Å². The van der Waals surface area contributed by atoms with Gasteiger partial charge in [-0.05, 0) is 39.5 Å². The lowest BCUT2D eigenvalue weighted by atomic mass is 9.86. The van der Waals surface area contributed by atoms with E-state index < -0.39 is 28.2 Å². The molecule has 0 amide bonds. The summed E-state index contributed by atoms with van der Waals surface area (Å²) in [6.45, 7) is 3.70. The van der Waals surface area contributed by atoms with Crippen LogP contribution in [0, 0.1) is 5.92 Å². The van der Waals surface area contributed by atoms with Gasteiger partial charge in [0.1, 0.15) is 0 Å². The molecule has 1 rings (SSSR count). The average Bonchev–Trinajstić information content (AvgIpc) is 2.26. The Morgan fingerprint density at radius 1 is 1.20 bits per heavy atom. The quantitative estimate of drug-likeness (QED) is 0.819. The maximum Gasteiger partial charge on any atom is 0.391 e. The Labute approximate surface area is 118 Å². The highest BCUT2D eigenvalue weighted by Crippen LogP contribution is 2.37. The number of ether oxygens (including phenoxy) is 1. The maximum absolute atomic E-state index is 12.5. The Morgan fingerprint density at radius 3 is 2.20 bits per heavy atom. The number of hydrogen-bond donors (Lipinski definition) is 1. The molecule has 0 radical (unpaired) electrons. The van der Waals surface area contributed by atoms with Gasteiger partial charge in [0.25, 0.3) is 0 Å². The largest absolute Gasteiger partial charge is 0.391 e. The summed E-state index contributed by atoms with van der Waals surface area (Å²) in [4.78, 5) is 0. The first-order chi connectivity index (χ1) is 9.10. The van der Waals surface area contributed by atoms with Crippen molar-refractivity contribution in [2.24, 2.45) is 5.92 Å². The second-order valence-electron chi connectivity index (χ2n) is 5.45. The molecule has 4 nitrogen and oxygen atoms in total. The van der Waals surface area contributed by atoms with E-state index in [1.54, 1.807) is 13.8 Å². The van der Waals surface area contributed by atoms with Gasteiger partial charge in [-0.3, -0.25) is 0 Å². The van der Waals surface area contributed by atoms with Crippen LogP contribution in [-0.2, 0) is 14.8 Å². The van der Waals surface area contributed by atoms with E-state index in [-0.39, 0.29) is 44.1 Å². The van der Waals surface area contributed by atoms with Crippen LogP contribution in [0.5, 0.6) is 0 Å². The molecule has 120 valence electrons. The molecule has 0 spiro atoms. The van der Waals surface area contributed by atoms with Crippen LogP contribution in [0.4, 0.5) is 13.2 Å². The molecule has 0 aromatic carbocycles. The predicted molar refractivity (Wildman–Crippen MR) is 69.8 cm³/mol. The molecule has 1 aliphatic rings. The van der Waals surface area contributed by atoms with Crippen molar-refractivity contribution in [3.8, 4) is 0 Å². The van der Waals surface area contributed by atoms with Crippen molar-refractivity contribution in [2.75, 3.05) is 12.4 Å². The Kier molecular flexibility index (Phi) is 6.27. The summed E-state index contributed by atoms with van der Waals surface area (Å²) in [5, 5.41) is 0. The van der Waals surface area contributed by atoms with E-state index in [4.69, 9.17) is 4.74 Å². The molecule has 0 unspecified atom stereocenters. The summed E-state index contributed by atoms with van der Waals surface area (Å²) in [6.07, 6.45) is -3.79. The molecule has 0 aromatic rings. The summed E-state index contributed by atoms with van der Waals surface area (Å²) < 4.78 is 68.6. The van der Waals surface area contributed by atoms with Crippen molar-refractivity contribution < 1.29 is 26.3 Å². The Balaban J connectivity index is 2.35. The van der Waals surface area contributed by atoms with Gasteiger partial charge in [0, 0.05) is 6.04 Å². The third-order valence-electron chi connectivity index (χ3n) is 3.34. The van der Waals surface area contributed by atoms with E-state index in [1.165, 1.54) is 0 Å². The highest BCUT2D eigenvalue weighted by Gasteiger charge is 2.41. The van der Waals surface area contributed by atoms with Crippen LogP contribution in [0.1, 0.15) is 39.5 Å². The molecule has 1 N–H and O–H groups in total. The summed E-state index contributed by atoms with van der Waals surface area (Å²) in [5.74, 6) is -1.46. The van der Waals surface area contributed by atoms with Gasteiger partial charge < -0.3 is 4.74 Å². The van der Waals surface area contributed by atoms with Crippen molar-refractivity contribution in [1.82, 2.24) is 4.72 Å². The standard InChI is InChI=1S/C12H22F3NO3S/c1-9(2)19-7-8-20(17,18)16-11-5-3-10(4-6-11)12(13,14)15/h9-11,16H,3-8H2,1-2H3. The number of alkyl halides is 3. The molecule has 0 aromatic heterocycles. The molecule has 0 atom stereocenters. The molecule has 1 saturated carbocycles. The fourth-order valence-corrected chi connectivity index (χ4v) is 3.42. The first kappa shape index (κ1) is 17.7. The minimum absolute atomic E-state index is 0.0147. The van der Waals surface area contributed by atoms with E-state index >= 15 is 0 Å². The molecular formula is C12H22F3NO3S. The van der Waals surface area contributed by atoms with Crippen LogP contribution < -0.4 is 4.72 Å². The molecule has 0 bridgehead atoms. The number of sulfonamides is 1. The van der Waals surface area contributed by atoms with Crippen LogP contribution in [0.25, 0.3) is 0 Å². The number of halogens is 3.